The summed E-state index contributed by atoms with van der Waals surface area (Å²) in [5.74, 6) is 0. The Balaban J connectivity index is 2.11. The molecule has 0 aliphatic rings. The molecule has 0 aromatic heterocycles. The van der Waals surface area contributed by atoms with Gasteiger partial charge in [-0.2, -0.15) is 0 Å². The van der Waals surface area contributed by atoms with Crippen LogP contribution in [0.25, 0.3) is 33.0 Å². The molecule has 0 aliphatic carbocycles. The van der Waals surface area contributed by atoms with E-state index in [0.717, 1.165) is 16.0 Å². The van der Waals surface area contributed by atoms with Crippen LogP contribution in [0.15, 0.2) is 84.9 Å². The Hall–Kier alpha value is -2.57. The Morgan fingerprint density at radius 1 is 0.739 bits per heavy atom. The summed E-state index contributed by atoms with van der Waals surface area (Å²) in [6, 6.07) is 32.3. The summed E-state index contributed by atoms with van der Waals surface area (Å²) in [5, 5.41) is 3.09. The summed E-state index contributed by atoms with van der Waals surface area (Å²) in [4.78, 5) is 0. The highest BCUT2D eigenvalue weighted by Crippen LogP contribution is 2.38. The first-order valence-electron chi connectivity index (χ1n) is 7.58. The molecule has 23 heavy (non-hydrogen) atoms. The smallest absolute Gasteiger partial charge is 0.0412 e. The second-order valence-corrected chi connectivity index (χ2v) is 5.93. The molecule has 0 saturated heterocycles. The third kappa shape index (κ3) is 2.62. The van der Waals surface area contributed by atoms with E-state index in [1.807, 2.05) is 36.4 Å². The molecule has 4 rings (SSSR count). The van der Waals surface area contributed by atoms with Crippen LogP contribution in [-0.2, 0) is 0 Å². The fourth-order valence-corrected chi connectivity index (χ4v) is 3.16. The molecule has 0 unspecified atom stereocenters. The van der Waals surface area contributed by atoms with Gasteiger partial charge >= 0.3 is 0 Å². The van der Waals surface area contributed by atoms with Gasteiger partial charge in [-0.1, -0.05) is 84.4 Å². The van der Waals surface area contributed by atoms with Gasteiger partial charge in [0.05, 0.1) is 0 Å². The number of hydrogen-bond acceptors (Lipinski definition) is 0. The summed E-state index contributed by atoms with van der Waals surface area (Å²) in [6.07, 6.45) is 0. The van der Waals surface area contributed by atoms with Gasteiger partial charge in [-0.25, -0.2) is 0 Å². The van der Waals surface area contributed by atoms with Gasteiger partial charge in [-0.3, -0.25) is 0 Å². The first-order valence-corrected chi connectivity index (χ1v) is 7.95. The highest BCUT2D eigenvalue weighted by Gasteiger charge is 2.12. The Bertz CT molecular complexity index is 957. The van der Waals surface area contributed by atoms with Crippen LogP contribution in [0.5, 0.6) is 0 Å². The van der Waals surface area contributed by atoms with Crippen molar-refractivity contribution in [1.29, 1.82) is 0 Å². The highest BCUT2D eigenvalue weighted by molar-refractivity contribution is 6.31. The minimum absolute atomic E-state index is 0.750. The minimum Gasteiger partial charge on any atom is -0.0843 e. The molecule has 1 heteroatoms. The number of benzene rings is 4. The molecule has 0 nitrogen and oxygen atoms in total. The fraction of sp³-hybridized carbons (Fsp3) is 0. The molecule has 0 amide bonds. The van der Waals surface area contributed by atoms with Crippen LogP contribution in [0.1, 0.15) is 0 Å². The van der Waals surface area contributed by atoms with Gasteiger partial charge in [0.15, 0.2) is 0 Å². The van der Waals surface area contributed by atoms with Crippen molar-refractivity contribution < 1.29 is 0 Å². The lowest BCUT2D eigenvalue weighted by Gasteiger charge is -2.14. The maximum absolute atomic E-state index is 6.27. The van der Waals surface area contributed by atoms with Crippen molar-refractivity contribution in [2.24, 2.45) is 0 Å². The van der Waals surface area contributed by atoms with Crippen molar-refractivity contribution in [2.45, 2.75) is 0 Å². The third-order valence-corrected chi connectivity index (χ3v) is 4.28. The van der Waals surface area contributed by atoms with Crippen LogP contribution >= 0.6 is 11.6 Å². The minimum atomic E-state index is 0.750. The maximum Gasteiger partial charge on any atom is 0.0412 e. The lowest BCUT2D eigenvalue weighted by atomic mass is 9.90. The topological polar surface area (TPSA) is 0 Å². The summed E-state index contributed by atoms with van der Waals surface area (Å²) in [6.45, 7) is 0. The molecular formula is C22H14Cl. The Morgan fingerprint density at radius 2 is 1.52 bits per heavy atom. The fourth-order valence-electron chi connectivity index (χ4n) is 2.99. The first-order chi connectivity index (χ1) is 11.3. The number of fused-ring (bicyclic) bond motifs is 1. The molecule has 109 valence electrons. The predicted octanol–water partition coefficient (Wildman–Crippen LogP) is 6.63. The SMILES string of the molecule is Clc1ccc2ccc(-c3ccccc3)c(-c3[c]cccc3)c2c1. The van der Waals surface area contributed by atoms with Gasteiger partial charge in [0.2, 0.25) is 0 Å². The highest BCUT2D eigenvalue weighted by atomic mass is 35.5. The molecule has 0 heterocycles. The van der Waals surface area contributed by atoms with Gasteiger partial charge in [0.1, 0.15) is 0 Å². The molecule has 0 fully saturated rings. The van der Waals surface area contributed by atoms with Crippen LogP contribution in [0, 0.1) is 6.07 Å². The normalized spacial score (nSPS) is 10.8. The molecular weight excluding hydrogens is 300 g/mol. The molecule has 0 N–H and O–H groups in total. The average molecular weight is 314 g/mol. The number of hydrogen-bond donors (Lipinski definition) is 0. The molecule has 4 aromatic carbocycles. The van der Waals surface area contributed by atoms with E-state index < -0.39 is 0 Å². The second kappa shape index (κ2) is 5.91. The Labute approximate surface area is 141 Å². The average Bonchev–Trinajstić information content (AvgIpc) is 2.62. The zero-order chi connectivity index (χ0) is 15.6. The van der Waals surface area contributed by atoms with Crippen molar-refractivity contribution in [3.8, 4) is 22.3 Å². The second-order valence-electron chi connectivity index (χ2n) is 5.50. The lowest BCUT2D eigenvalue weighted by molar-refractivity contribution is 1.60. The van der Waals surface area contributed by atoms with Gasteiger partial charge in [-0.05, 0) is 51.2 Å². The van der Waals surface area contributed by atoms with Gasteiger partial charge in [0.25, 0.3) is 0 Å². The lowest BCUT2D eigenvalue weighted by Crippen LogP contribution is -1.88. The van der Waals surface area contributed by atoms with E-state index in [-0.39, 0.29) is 0 Å². The Morgan fingerprint density at radius 3 is 2.30 bits per heavy atom. The van der Waals surface area contributed by atoms with E-state index in [1.54, 1.807) is 0 Å². The molecule has 0 saturated carbocycles. The Kier molecular flexibility index (Phi) is 3.61. The molecule has 0 aliphatic heterocycles. The van der Waals surface area contributed by atoms with Crippen molar-refractivity contribution in [1.82, 2.24) is 0 Å². The van der Waals surface area contributed by atoms with Crippen LogP contribution in [0.3, 0.4) is 0 Å². The number of rotatable bonds is 2. The largest absolute Gasteiger partial charge is 0.0843 e. The monoisotopic (exact) mass is 313 g/mol. The third-order valence-electron chi connectivity index (χ3n) is 4.05. The molecule has 1 radical (unpaired) electrons. The van der Waals surface area contributed by atoms with Crippen LogP contribution in [-0.4, -0.2) is 0 Å². The molecule has 0 spiro atoms. The van der Waals surface area contributed by atoms with Crippen molar-refractivity contribution in [3.63, 3.8) is 0 Å². The van der Waals surface area contributed by atoms with E-state index in [2.05, 4.69) is 54.6 Å². The van der Waals surface area contributed by atoms with E-state index in [9.17, 15) is 0 Å². The quantitative estimate of drug-likeness (QED) is 0.390. The standard InChI is InChI=1S/C22H14Cl/c23-19-13-11-17-12-14-20(16-7-3-1-4-8-16)22(21(17)15-19)18-9-5-2-6-10-18/h1-9,11-15H. The first kappa shape index (κ1) is 14.0. The van der Waals surface area contributed by atoms with Crippen molar-refractivity contribution in [2.75, 3.05) is 0 Å². The maximum atomic E-state index is 6.27. The molecule has 0 bridgehead atoms. The van der Waals surface area contributed by atoms with Gasteiger partial charge in [-0.15, -0.1) is 0 Å². The van der Waals surface area contributed by atoms with Crippen LogP contribution in [0.4, 0.5) is 0 Å². The van der Waals surface area contributed by atoms with E-state index >= 15 is 0 Å². The molecule has 0 atom stereocenters. The number of halogens is 1. The predicted molar refractivity (Wildman–Crippen MR) is 98.7 cm³/mol. The summed E-state index contributed by atoms with van der Waals surface area (Å²) in [5.41, 5.74) is 4.65. The summed E-state index contributed by atoms with van der Waals surface area (Å²) < 4.78 is 0. The van der Waals surface area contributed by atoms with E-state index in [4.69, 9.17) is 11.6 Å². The van der Waals surface area contributed by atoms with Crippen molar-refractivity contribution >= 4 is 22.4 Å². The van der Waals surface area contributed by atoms with Crippen LogP contribution < -0.4 is 0 Å². The summed E-state index contributed by atoms with van der Waals surface area (Å²) >= 11 is 6.27. The van der Waals surface area contributed by atoms with E-state index in [1.165, 1.54) is 22.1 Å². The summed E-state index contributed by atoms with van der Waals surface area (Å²) in [7, 11) is 0. The molecule has 4 aromatic rings. The van der Waals surface area contributed by atoms with Gasteiger partial charge < -0.3 is 0 Å². The zero-order valence-corrected chi connectivity index (χ0v) is 13.2. The van der Waals surface area contributed by atoms with Gasteiger partial charge in [0, 0.05) is 5.02 Å². The van der Waals surface area contributed by atoms with Crippen molar-refractivity contribution in [3.05, 3.63) is 96.0 Å². The van der Waals surface area contributed by atoms with Crippen LogP contribution in [0.2, 0.25) is 5.02 Å². The zero-order valence-electron chi connectivity index (χ0n) is 12.5. The van der Waals surface area contributed by atoms with E-state index in [0.29, 0.717) is 0 Å².